The number of hydrogen-bond donors (Lipinski definition) is 0. The highest BCUT2D eigenvalue weighted by Gasteiger charge is 2.29. The van der Waals surface area contributed by atoms with Gasteiger partial charge in [-0.25, -0.2) is 4.79 Å². The van der Waals surface area contributed by atoms with Crippen molar-refractivity contribution in [1.29, 1.82) is 0 Å². The normalized spacial score (nSPS) is 15.8. The average molecular weight is 449 g/mol. The average Bonchev–Trinajstić information content (AvgIpc) is 3.19. The Bertz CT molecular complexity index is 1240. The number of aromatic nitrogens is 3. The van der Waals surface area contributed by atoms with Crippen LogP contribution in [0.1, 0.15) is 72.5 Å². The van der Waals surface area contributed by atoms with E-state index in [9.17, 15) is 4.79 Å². The number of aryl methyl sites for hydroxylation is 2. The summed E-state index contributed by atoms with van der Waals surface area (Å²) in [6.07, 6.45) is 3.23. The minimum Gasteiger partial charge on any atom is -0.457 e. The molecule has 1 aromatic carbocycles. The van der Waals surface area contributed by atoms with Crippen LogP contribution in [0, 0.1) is 20.8 Å². The van der Waals surface area contributed by atoms with Crippen LogP contribution < -0.4 is 0 Å². The fourth-order valence-electron chi connectivity index (χ4n) is 3.73. The van der Waals surface area contributed by atoms with Gasteiger partial charge in [0.25, 0.3) is 0 Å². The molecule has 3 aromatic rings. The van der Waals surface area contributed by atoms with Crippen LogP contribution in [0.15, 0.2) is 35.3 Å². The molecule has 1 aliphatic rings. The van der Waals surface area contributed by atoms with Crippen molar-refractivity contribution in [3.8, 4) is 5.00 Å². The Morgan fingerprint density at radius 1 is 1.12 bits per heavy atom. The zero-order valence-corrected chi connectivity index (χ0v) is 20.4. The molecule has 32 heavy (non-hydrogen) atoms. The van der Waals surface area contributed by atoms with Crippen LogP contribution in [0.2, 0.25) is 0 Å². The van der Waals surface area contributed by atoms with E-state index in [4.69, 9.17) is 9.73 Å². The Morgan fingerprint density at radius 2 is 1.81 bits per heavy atom. The number of hydrogen-bond acceptors (Lipinski definition) is 6. The van der Waals surface area contributed by atoms with Crippen molar-refractivity contribution in [1.82, 2.24) is 14.8 Å². The van der Waals surface area contributed by atoms with Crippen molar-refractivity contribution in [2.24, 2.45) is 4.99 Å². The molecule has 0 radical (unpaired) electrons. The molecule has 4 rings (SSSR count). The van der Waals surface area contributed by atoms with Crippen molar-refractivity contribution in [2.75, 3.05) is 0 Å². The molecule has 6 nitrogen and oxygen atoms in total. The summed E-state index contributed by atoms with van der Waals surface area (Å²) < 4.78 is 7.47. The topological polar surface area (TPSA) is 69.4 Å². The number of fused-ring (bicyclic) bond motifs is 3. The SMILES string of the molecule is Cc1sc2c(c1C)C(c1ccc(/C=C/C(=O)OC(C)(C)C)cc1)=NC(C)c1nnc(C)n1-2. The van der Waals surface area contributed by atoms with E-state index in [-0.39, 0.29) is 12.0 Å². The number of nitrogens with zero attached hydrogens (tertiary/aromatic N) is 4. The van der Waals surface area contributed by atoms with E-state index in [1.165, 1.54) is 16.5 Å². The largest absolute Gasteiger partial charge is 0.457 e. The number of thiophene rings is 1. The Morgan fingerprint density at radius 3 is 2.47 bits per heavy atom. The van der Waals surface area contributed by atoms with Crippen LogP contribution in [0.5, 0.6) is 0 Å². The summed E-state index contributed by atoms with van der Waals surface area (Å²) >= 11 is 1.75. The van der Waals surface area contributed by atoms with Gasteiger partial charge in [-0.3, -0.25) is 9.56 Å². The first-order chi connectivity index (χ1) is 15.0. The van der Waals surface area contributed by atoms with E-state index >= 15 is 0 Å². The number of benzene rings is 1. The van der Waals surface area contributed by atoms with E-state index in [0.717, 1.165) is 39.1 Å². The van der Waals surface area contributed by atoms with Crippen molar-refractivity contribution in [3.05, 3.63) is 69.1 Å². The van der Waals surface area contributed by atoms with Crippen LogP contribution in [0.3, 0.4) is 0 Å². The van der Waals surface area contributed by atoms with Gasteiger partial charge in [0.05, 0.1) is 5.71 Å². The highest BCUT2D eigenvalue weighted by Crippen LogP contribution is 2.38. The standard InChI is InChI=1S/C25H28N4O2S/c1-14-16(3)32-24-21(14)22(26-15(2)23-28-27-17(4)29(23)24)19-11-8-18(9-12-19)10-13-20(30)31-25(5,6)7/h8-13,15H,1-7H3/b13-10+. The van der Waals surface area contributed by atoms with Crippen molar-refractivity contribution in [3.63, 3.8) is 0 Å². The monoisotopic (exact) mass is 448 g/mol. The first kappa shape index (κ1) is 22.1. The number of esters is 1. The van der Waals surface area contributed by atoms with Crippen LogP contribution in [-0.4, -0.2) is 32.0 Å². The quantitative estimate of drug-likeness (QED) is 0.391. The summed E-state index contributed by atoms with van der Waals surface area (Å²) in [4.78, 5) is 18.3. The zero-order chi connectivity index (χ0) is 23.2. The van der Waals surface area contributed by atoms with E-state index < -0.39 is 5.60 Å². The van der Waals surface area contributed by atoms with Crippen molar-refractivity contribution < 1.29 is 9.53 Å². The van der Waals surface area contributed by atoms with Gasteiger partial charge >= 0.3 is 5.97 Å². The van der Waals surface area contributed by atoms with Gasteiger partial charge in [-0.05, 0) is 65.7 Å². The number of carbonyl (C=O) groups excluding carboxylic acids is 1. The maximum atomic E-state index is 12.0. The summed E-state index contributed by atoms with van der Waals surface area (Å²) in [6, 6.07) is 7.98. The molecule has 1 atom stereocenters. The van der Waals surface area contributed by atoms with Gasteiger partial charge in [-0.2, -0.15) is 0 Å². The minimum atomic E-state index is -0.504. The van der Waals surface area contributed by atoms with E-state index in [2.05, 4.69) is 47.7 Å². The van der Waals surface area contributed by atoms with Crippen LogP contribution in [0.4, 0.5) is 0 Å². The second-order valence-corrected chi connectivity index (χ2v) is 10.2. The summed E-state index contributed by atoms with van der Waals surface area (Å²) in [6.45, 7) is 13.9. The number of aliphatic imine (C=N–C) groups is 1. The summed E-state index contributed by atoms with van der Waals surface area (Å²) in [5.74, 6) is 1.38. The smallest absolute Gasteiger partial charge is 0.331 e. The summed E-state index contributed by atoms with van der Waals surface area (Å²) in [5.41, 5.74) is 4.78. The lowest BCUT2D eigenvalue weighted by Gasteiger charge is -2.17. The molecule has 0 bridgehead atoms. The molecule has 0 saturated carbocycles. The second kappa shape index (κ2) is 8.13. The Hall–Kier alpha value is -3.06. The van der Waals surface area contributed by atoms with Crippen LogP contribution >= 0.6 is 11.3 Å². The Kier molecular flexibility index (Phi) is 5.63. The molecular formula is C25H28N4O2S. The molecule has 1 aliphatic heterocycles. The number of ether oxygens (including phenoxy) is 1. The molecule has 0 amide bonds. The van der Waals surface area contributed by atoms with Crippen molar-refractivity contribution >= 4 is 29.1 Å². The van der Waals surface area contributed by atoms with Gasteiger partial charge in [-0.15, -0.1) is 21.5 Å². The zero-order valence-electron chi connectivity index (χ0n) is 19.6. The molecular weight excluding hydrogens is 420 g/mol. The third kappa shape index (κ3) is 4.17. The molecule has 3 heterocycles. The Balaban J connectivity index is 1.71. The number of rotatable bonds is 3. The molecule has 1 unspecified atom stereocenters. The molecule has 0 spiro atoms. The maximum Gasteiger partial charge on any atom is 0.331 e. The van der Waals surface area contributed by atoms with Crippen molar-refractivity contribution in [2.45, 2.75) is 60.1 Å². The predicted molar refractivity (Wildman–Crippen MR) is 129 cm³/mol. The minimum absolute atomic E-state index is 0.114. The highest BCUT2D eigenvalue weighted by atomic mass is 32.1. The van der Waals surface area contributed by atoms with Gasteiger partial charge in [0.1, 0.15) is 22.5 Å². The molecule has 0 aliphatic carbocycles. The van der Waals surface area contributed by atoms with Crippen LogP contribution in [0.25, 0.3) is 11.1 Å². The van der Waals surface area contributed by atoms with E-state index in [1.807, 2.05) is 39.8 Å². The molecule has 0 N–H and O–H groups in total. The lowest BCUT2D eigenvalue weighted by atomic mass is 9.98. The molecule has 7 heteroatoms. The van der Waals surface area contributed by atoms with Gasteiger partial charge in [-0.1, -0.05) is 24.3 Å². The van der Waals surface area contributed by atoms with Gasteiger partial charge in [0, 0.05) is 22.1 Å². The summed E-state index contributed by atoms with van der Waals surface area (Å²) in [7, 11) is 0. The first-order valence-corrected chi connectivity index (χ1v) is 11.5. The third-order valence-corrected chi connectivity index (χ3v) is 6.55. The molecule has 2 aromatic heterocycles. The lowest BCUT2D eigenvalue weighted by Crippen LogP contribution is -2.22. The third-order valence-electron chi connectivity index (χ3n) is 5.36. The fourth-order valence-corrected chi connectivity index (χ4v) is 4.95. The number of carbonyl (C=O) groups is 1. The van der Waals surface area contributed by atoms with E-state index in [0.29, 0.717) is 0 Å². The van der Waals surface area contributed by atoms with E-state index in [1.54, 1.807) is 17.4 Å². The summed E-state index contributed by atoms with van der Waals surface area (Å²) in [5, 5.41) is 9.82. The predicted octanol–water partition coefficient (Wildman–Crippen LogP) is 5.52. The highest BCUT2D eigenvalue weighted by molar-refractivity contribution is 7.15. The molecule has 166 valence electrons. The first-order valence-electron chi connectivity index (χ1n) is 10.7. The van der Waals surface area contributed by atoms with Gasteiger partial charge in [0.2, 0.25) is 0 Å². The fraction of sp³-hybridized carbons (Fsp3) is 0.360. The van der Waals surface area contributed by atoms with Crippen LogP contribution in [-0.2, 0) is 9.53 Å². The molecule has 0 fully saturated rings. The second-order valence-electron chi connectivity index (χ2n) is 9.05. The lowest BCUT2D eigenvalue weighted by molar-refractivity contribution is -0.148. The molecule has 0 saturated heterocycles. The maximum absolute atomic E-state index is 12.0. The van der Waals surface area contributed by atoms with Gasteiger partial charge < -0.3 is 4.74 Å². The van der Waals surface area contributed by atoms with Gasteiger partial charge in [0.15, 0.2) is 5.82 Å². The Labute approximate surface area is 192 Å².